The van der Waals surface area contributed by atoms with E-state index in [1.807, 2.05) is 24.3 Å². The molecule has 0 radical (unpaired) electrons. The van der Waals surface area contributed by atoms with E-state index < -0.39 is 0 Å². The lowest BCUT2D eigenvalue weighted by atomic mass is 10.0. The van der Waals surface area contributed by atoms with Gasteiger partial charge in [-0.2, -0.15) is 0 Å². The molecule has 1 saturated carbocycles. The monoisotopic (exact) mass is 304 g/mol. The molecule has 1 aromatic heterocycles. The zero-order chi connectivity index (χ0) is 15.9. The fraction of sp³-hybridized carbons (Fsp3) is 0.250. The first-order valence-electron chi connectivity index (χ1n) is 8.20. The molecule has 116 valence electrons. The van der Waals surface area contributed by atoms with Crippen LogP contribution < -0.4 is 5.32 Å². The van der Waals surface area contributed by atoms with E-state index in [2.05, 4.69) is 47.6 Å². The average molecular weight is 304 g/mol. The number of H-pyrrole nitrogens is 1. The zero-order valence-corrected chi connectivity index (χ0v) is 13.2. The molecule has 1 amide bonds. The van der Waals surface area contributed by atoms with Crippen LogP contribution >= 0.6 is 0 Å². The van der Waals surface area contributed by atoms with Gasteiger partial charge in [-0.25, -0.2) is 0 Å². The van der Waals surface area contributed by atoms with Crippen LogP contribution in [0.1, 0.15) is 41.4 Å². The molecule has 3 aromatic rings. The number of nitrogens with one attached hydrogen (secondary N) is 2. The number of hydrogen-bond donors (Lipinski definition) is 2. The van der Waals surface area contributed by atoms with Crippen molar-refractivity contribution in [3.8, 4) is 0 Å². The number of aromatic amines is 1. The molecule has 1 fully saturated rings. The first-order valence-corrected chi connectivity index (χ1v) is 8.20. The van der Waals surface area contributed by atoms with E-state index in [9.17, 15) is 4.79 Å². The van der Waals surface area contributed by atoms with E-state index in [0.29, 0.717) is 5.69 Å². The standard InChI is InChI=1S/C20H20N2O/c1-2-14-8-9-17-15(12-14)13-18(21-17)19(23)22-20(10-11-20)16-6-4-3-5-7-16/h3-9,12-13,21H,2,10-11H2,1H3,(H,22,23). The molecule has 3 nitrogen and oxygen atoms in total. The third-order valence-electron chi connectivity index (χ3n) is 4.77. The molecule has 4 rings (SSSR count). The topological polar surface area (TPSA) is 44.9 Å². The Morgan fingerprint density at radius 3 is 2.61 bits per heavy atom. The van der Waals surface area contributed by atoms with E-state index in [1.165, 1.54) is 11.1 Å². The largest absolute Gasteiger partial charge is 0.351 e. The smallest absolute Gasteiger partial charge is 0.268 e. The van der Waals surface area contributed by atoms with Crippen molar-refractivity contribution in [3.63, 3.8) is 0 Å². The Hall–Kier alpha value is -2.55. The van der Waals surface area contributed by atoms with Gasteiger partial charge in [-0.3, -0.25) is 4.79 Å². The maximum absolute atomic E-state index is 12.7. The van der Waals surface area contributed by atoms with Gasteiger partial charge in [0.2, 0.25) is 0 Å². The quantitative estimate of drug-likeness (QED) is 0.747. The van der Waals surface area contributed by atoms with Crippen molar-refractivity contribution in [1.82, 2.24) is 10.3 Å². The van der Waals surface area contributed by atoms with E-state index in [1.54, 1.807) is 0 Å². The van der Waals surface area contributed by atoms with Crippen LogP contribution in [-0.2, 0) is 12.0 Å². The molecule has 23 heavy (non-hydrogen) atoms. The third kappa shape index (κ3) is 2.52. The Labute approximate surface area is 135 Å². The van der Waals surface area contributed by atoms with Crippen molar-refractivity contribution in [2.45, 2.75) is 31.7 Å². The summed E-state index contributed by atoms with van der Waals surface area (Å²) in [6.45, 7) is 2.14. The molecular weight excluding hydrogens is 284 g/mol. The molecular formula is C20H20N2O. The first-order chi connectivity index (χ1) is 11.2. The highest BCUT2D eigenvalue weighted by molar-refractivity contribution is 5.98. The fourth-order valence-electron chi connectivity index (χ4n) is 3.18. The van der Waals surface area contributed by atoms with Gasteiger partial charge >= 0.3 is 0 Å². The van der Waals surface area contributed by atoms with Crippen LogP contribution in [0.2, 0.25) is 0 Å². The molecule has 2 N–H and O–H groups in total. The van der Waals surface area contributed by atoms with Crippen molar-refractivity contribution in [3.05, 3.63) is 71.4 Å². The Kier molecular flexibility index (Phi) is 3.22. The number of carbonyl (C=O) groups is 1. The number of rotatable bonds is 4. The summed E-state index contributed by atoms with van der Waals surface area (Å²) in [6, 6.07) is 18.5. The van der Waals surface area contributed by atoms with Gasteiger partial charge in [-0.05, 0) is 48.6 Å². The summed E-state index contributed by atoms with van der Waals surface area (Å²) in [4.78, 5) is 15.9. The lowest BCUT2D eigenvalue weighted by Crippen LogP contribution is -2.34. The van der Waals surface area contributed by atoms with E-state index in [4.69, 9.17) is 0 Å². The predicted octanol–water partition coefficient (Wildman–Crippen LogP) is 4.15. The van der Waals surface area contributed by atoms with Crippen LogP contribution in [0.15, 0.2) is 54.6 Å². The molecule has 0 spiro atoms. The number of fused-ring (bicyclic) bond motifs is 1. The van der Waals surface area contributed by atoms with Crippen LogP contribution in [0.4, 0.5) is 0 Å². The van der Waals surface area contributed by atoms with Crippen molar-refractivity contribution in [1.29, 1.82) is 0 Å². The molecule has 2 aromatic carbocycles. The van der Waals surface area contributed by atoms with Crippen LogP contribution in [-0.4, -0.2) is 10.9 Å². The van der Waals surface area contributed by atoms with Gasteiger partial charge in [-0.15, -0.1) is 0 Å². The molecule has 0 atom stereocenters. The van der Waals surface area contributed by atoms with Crippen molar-refractivity contribution in [2.24, 2.45) is 0 Å². The van der Waals surface area contributed by atoms with E-state index >= 15 is 0 Å². The number of amides is 1. The van der Waals surface area contributed by atoms with Gasteiger partial charge in [0.25, 0.3) is 5.91 Å². The van der Waals surface area contributed by atoms with Crippen LogP contribution in [0, 0.1) is 0 Å². The van der Waals surface area contributed by atoms with Crippen LogP contribution in [0.3, 0.4) is 0 Å². The maximum atomic E-state index is 12.7. The van der Waals surface area contributed by atoms with Gasteiger partial charge in [0.1, 0.15) is 5.69 Å². The second kappa shape index (κ2) is 5.27. The second-order valence-corrected chi connectivity index (χ2v) is 6.36. The summed E-state index contributed by atoms with van der Waals surface area (Å²) in [5, 5.41) is 4.32. The molecule has 0 aliphatic heterocycles. The van der Waals surface area contributed by atoms with Crippen molar-refractivity contribution >= 4 is 16.8 Å². The van der Waals surface area contributed by atoms with Gasteiger partial charge < -0.3 is 10.3 Å². The Morgan fingerprint density at radius 2 is 1.91 bits per heavy atom. The number of aromatic nitrogens is 1. The van der Waals surface area contributed by atoms with Gasteiger partial charge in [0.15, 0.2) is 0 Å². The molecule has 3 heteroatoms. The SMILES string of the molecule is CCc1ccc2[nH]c(C(=O)NC3(c4ccccc4)CC3)cc2c1. The van der Waals surface area contributed by atoms with Crippen LogP contribution in [0.5, 0.6) is 0 Å². The molecule has 1 aliphatic carbocycles. The average Bonchev–Trinajstić information content (AvgIpc) is 3.24. The molecule has 1 aliphatic rings. The second-order valence-electron chi connectivity index (χ2n) is 6.36. The van der Waals surface area contributed by atoms with Gasteiger partial charge in [0.05, 0.1) is 5.54 Å². The number of carbonyl (C=O) groups excluding carboxylic acids is 1. The first kappa shape index (κ1) is 14.1. The minimum absolute atomic E-state index is 0.0272. The zero-order valence-electron chi connectivity index (χ0n) is 13.2. The number of benzene rings is 2. The summed E-state index contributed by atoms with van der Waals surface area (Å²) in [5.41, 5.74) is 3.95. The van der Waals surface area contributed by atoms with Crippen molar-refractivity contribution < 1.29 is 4.79 Å². The molecule has 1 heterocycles. The molecule has 0 bridgehead atoms. The third-order valence-corrected chi connectivity index (χ3v) is 4.77. The lowest BCUT2D eigenvalue weighted by molar-refractivity contribution is 0.0926. The summed E-state index contributed by atoms with van der Waals surface area (Å²) in [6.07, 6.45) is 3.01. The normalized spacial score (nSPS) is 15.5. The Morgan fingerprint density at radius 1 is 1.13 bits per heavy atom. The van der Waals surface area contributed by atoms with Gasteiger partial charge in [-0.1, -0.05) is 43.3 Å². The highest BCUT2D eigenvalue weighted by atomic mass is 16.2. The predicted molar refractivity (Wildman–Crippen MR) is 92.5 cm³/mol. The number of aryl methyl sites for hydroxylation is 1. The summed E-state index contributed by atoms with van der Waals surface area (Å²) >= 11 is 0. The molecule has 0 unspecified atom stereocenters. The van der Waals surface area contributed by atoms with Crippen molar-refractivity contribution in [2.75, 3.05) is 0 Å². The Bertz CT molecular complexity index is 860. The summed E-state index contributed by atoms with van der Waals surface area (Å²) in [7, 11) is 0. The van der Waals surface area contributed by atoms with E-state index in [0.717, 1.165) is 30.2 Å². The molecule has 0 saturated heterocycles. The highest BCUT2D eigenvalue weighted by Crippen LogP contribution is 2.45. The fourth-order valence-corrected chi connectivity index (χ4v) is 3.18. The van der Waals surface area contributed by atoms with Gasteiger partial charge in [0, 0.05) is 10.9 Å². The van der Waals surface area contributed by atoms with E-state index in [-0.39, 0.29) is 11.4 Å². The lowest BCUT2D eigenvalue weighted by Gasteiger charge is -2.17. The Balaban J connectivity index is 1.60. The maximum Gasteiger partial charge on any atom is 0.268 e. The minimum atomic E-state index is -0.176. The van der Waals surface area contributed by atoms with Crippen LogP contribution in [0.25, 0.3) is 10.9 Å². The summed E-state index contributed by atoms with van der Waals surface area (Å²) in [5.74, 6) is -0.0272. The minimum Gasteiger partial charge on any atom is -0.351 e. The summed E-state index contributed by atoms with van der Waals surface area (Å²) < 4.78 is 0. The highest BCUT2D eigenvalue weighted by Gasteiger charge is 2.45. The number of hydrogen-bond acceptors (Lipinski definition) is 1.